The molecule has 2 aliphatic heterocycles. The van der Waals surface area contributed by atoms with Gasteiger partial charge in [0.2, 0.25) is 0 Å². The Hall–Kier alpha value is -3.45. The number of carbonyl (C=O) groups is 2. The summed E-state index contributed by atoms with van der Waals surface area (Å²) in [6.07, 6.45) is 6.46. The molecule has 0 spiro atoms. The first-order valence-electron chi connectivity index (χ1n) is 10.9. The van der Waals surface area contributed by atoms with Gasteiger partial charge in [-0.05, 0) is 53.8 Å². The number of carbonyl (C=O) groups excluding carboxylic acids is 2. The maximum Gasteiger partial charge on any atom is 0.331 e. The van der Waals surface area contributed by atoms with Gasteiger partial charge in [0, 0.05) is 12.0 Å². The van der Waals surface area contributed by atoms with Gasteiger partial charge in [0.05, 0.1) is 23.8 Å². The van der Waals surface area contributed by atoms with Crippen LogP contribution >= 0.6 is 11.8 Å². The summed E-state index contributed by atoms with van der Waals surface area (Å²) < 4.78 is 4.68. The third-order valence-corrected chi connectivity index (χ3v) is 7.01. The topological polar surface area (TPSA) is 71.3 Å². The van der Waals surface area contributed by atoms with Crippen LogP contribution in [0.2, 0.25) is 0 Å². The molecule has 0 aromatic heterocycles. The molecule has 0 radical (unpaired) electrons. The molecule has 2 atom stereocenters. The lowest BCUT2D eigenvalue weighted by Gasteiger charge is -2.30. The van der Waals surface area contributed by atoms with Crippen LogP contribution in [-0.2, 0) is 14.3 Å². The molecule has 2 heterocycles. The lowest BCUT2D eigenvalue weighted by atomic mass is 9.77. The summed E-state index contributed by atoms with van der Waals surface area (Å²) in [4.78, 5) is 28.7. The minimum atomic E-state index is -0.573. The second-order valence-electron chi connectivity index (χ2n) is 8.10. The van der Waals surface area contributed by atoms with Gasteiger partial charge < -0.3 is 4.74 Å². The number of amides is 1. The molecule has 5 rings (SSSR count). The standard InChI is InChI=1S/C26H23N3O3S/c1-32-22(30)16-21-25(31)27-26(33-21)29-24(18-11-6-3-7-12-18)20-14-8-13-19(23(20)28-29)15-17-9-4-2-5-10-17/h2-7,9-12,15-16,20,24H,8,13-14H2,1H3/b19-15-,21-16-/t20-,24-/m0/s1. The second kappa shape index (κ2) is 9.19. The predicted molar refractivity (Wildman–Crippen MR) is 130 cm³/mol. The van der Waals surface area contributed by atoms with Crippen molar-refractivity contribution in [3.05, 3.63) is 88.3 Å². The van der Waals surface area contributed by atoms with E-state index in [-0.39, 0.29) is 16.9 Å². The summed E-state index contributed by atoms with van der Waals surface area (Å²) in [6.45, 7) is 0. The molecule has 33 heavy (non-hydrogen) atoms. The van der Waals surface area contributed by atoms with Crippen LogP contribution in [0.25, 0.3) is 6.08 Å². The normalized spacial score (nSPS) is 24.6. The number of methoxy groups -OCH3 is 1. The first-order valence-corrected chi connectivity index (χ1v) is 11.7. The van der Waals surface area contributed by atoms with Crippen molar-refractivity contribution in [2.75, 3.05) is 7.11 Å². The van der Waals surface area contributed by atoms with E-state index in [2.05, 4.69) is 40.1 Å². The van der Waals surface area contributed by atoms with E-state index in [1.54, 1.807) is 0 Å². The minimum absolute atomic E-state index is 0.0581. The second-order valence-corrected chi connectivity index (χ2v) is 9.11. The third kappa shape index (κ3) is 4.28. The molecule has 166 valence electrons. The van der Waals surface area contributed by atoms with Crippen molar-refractivity contribution in [1.82, 2.24) is 5.01 Å². The molecule has 1 fully saturated rings. The Morgan fingerprint density at radius 2 is 1.85 bits per heavy atom. The molecule has 1 amide bonds. The van der Waals surface area contributed by atoms with Crippen molar-refractivity contribution in [2.24, 2.45) is 16.0 Å². The van der Waals surface area contributed by atoms with Gasteiger partial charge in [0.15, 0.2) is 5.17 Å². The Labute approximate surface area is 196 Å². The minimum Gasteiger partial charge on any atom is -0.466 e. The number of esters is 1. The van der Waals surface area contributed by atoms with E-state index in [4.69, 9.17) is 5.10 Å². The van der Waals surface area contributed by atoms with Gasteiger partial charge in [0.1, 0.15) is 0 Å². The van der Waals surface area contributed by atoms with E-state index >= 15 is 0 Å². The average molecular weight is 458 g/mol. The average Bonchev–Trinajstić information content (AvgIpc) is 3.41. The Morgan fingerprint density at radius 1 is 1.12 bits per heavy atom. The Morgan fingerprint density at radius 3 is 2.58 bits per heavy atom. The number of thioether (sulfide) groups is 1. The predicted octanol–water partition coefficient (Wildman–Crippen LogP) is 4.97. The molecule has 1 saturated carbocycles. The monoisotopic (exact) mass is 457 g/mol. The van der Waals surface area contributed by atoms with Gasteiger partial charge in [-0.2, -0.15) is 10.1 Å². The van der Waals surface area contributed by atoms with E-state index in [1.165, 1.54) is 30.5 Å². The zero-order valence-electron chi connectivity index (χ0n) is 18.2. The molecule has 0 bridgehead atoms. The van der Waals surface area contributed by atoms with Gasteiger partial charge in [-0.1, -0.05) is 60.7 Å². The van der Waals surface area contributed by atoms with E-state index in [9.17, 15) is 9.59 Å². The zero-order chi connectivity index (χ0) is 22.8. The summed E-state index contributed by atoms with van der Waals surface area (Å²) in [5, 5.41) is 7.40. The summed E-state index contributed by atoms with van der Waals surface area (Å²) in [7, 11) is 1.29. The maximum absolute atomic E-state index is 12.5. The summed E-state index contributed by atoms with van der Waals surface area (Å²) in [6, 6.07) is 20.4. The van der Waals surface area contributed by atoms with Crippen molar-refractivity contribution in [2.45, 2.75) is 25.3 Å². The highest BCUT2D eigenvalue weighted by Crippen LogP contribution is 2.46. The molecule has 7 heteroatoms. The quantitative estimate of drug-likeness (QED) is 0.481. The largest absolute Gasteiger partial charge is 0.466 e. The molecule has 3 aliphatic rings. The Bertz CT molecular complexity index is 1200. The molecule has 6 nitrogen and oxygen atoms in total. The molecular formula is C26H23N3O3S. The van der Waals surface area contributed by atoms with Crippen LogP contribution in [0.1, 0.15) is 36.4 Å². The Kier molecular flexibility index (Phi) is 5.96. The molecule has 0 unspecified atom stereocenters. The molecular weight excluding hydrogens is 434 g/mol. The third-order valence-electron chi connectivity index (χ3n) is 6.04. The van der Waals surface area contributed by atoms with Crippen LogP contribution in [0, 0.1) is 5.92 Å². The van der Waals surface area contributed by atoms with Crippen molar-refractivity contribution in [3.63, 3.8) is 0 Å². The lowest BCUT2D eigenvalue weighted by molar-refractivity contribution is -0.135. The van der Waals surface area contributed by atoms with Gasteiger partial charge >= 0.3 is 5.97 Å². The smallest absolute Gasteiger partial charge is 0.331 e. The van der Waals surface area contributed by atoms with Crippen LogP contribution in [0.5, 0.6) is 0 Å². The number of nitrogens with zero attached hydrogens (tertiary/aromatic N) is 3. The number of rotatable bonds is 3. The van der Waals surface area contributed by atoms with E-state index < -0.39 is 11.9 Å². The fraction of sp³-hybridized carbons (Fsp3) is 0.231. The highest BCUT2D eigenvalue weighted by atomic mass is 32.2. The van der Waals surface area contributed by atoms with Gasteiger partial charge in [-0.3, -0.25) is 4.79 Å². The van der Waals surface area contributed by atoms with Gasteiger partial charge in [-0.25, -0.2) is 9.80 Å². The fourth-order valence-electron chi connectivity index (χ4n) is 4.55. The fourth-order valence-corrected chi connectivity index (χ4v) is 5.42. The summed E-state index contributed by atoms with van der Waals surface area (Å²) >= 11 is 1.17. The molecule has 0 saturated heterocycles. The SMILES string of the molecule is COC(=O)/C=C1\SC(N2N=C3/C(=C\c4ccccc4)CCC[C@@H]3[C@@H]2c2ccccc2)=NC1=O. The number of allylic oxidation sites excluding steroid dienone is 1. The van der Waals surface area contributed by atoms with Crippen molar-refractivity contribution < 1.29 is 14.3 Å². The number of benzene rings is 2. The number of hydrogen-bond acceptors (Lipinski definition) is 6. The number of amidine groups is 1. The zero-order valence-corrected chi connectivity index (χ0v) is 19.0. The molecule has 1 aliphatic carbocycles. The Balaban J connectivity index is 1.54. The number of fused-ring (bicyclic) bond motifs is 1. The highest BCUT2D eigenvalue weighted by molar-refractivity contribution is 8.18. The van der Waals surface area contributed by atoms with Crippen molar-refractivity contribution in [1.29, 1.82) is 0 Å². The maximum atomic E-state index is 12.5. The van der Waals surface area contributed by atoms with Crippen LogP contribution < -0.4 is 0 Å². The molecule has 2 aromatic carbocycles. The lowest BCUT2D eigenvalue weighted by Crippen LogP contribution is -2.30. The van der Waals surface area contributed by atoms with Crippen molar-refractivity contribution >= 4 is 40.6 Å². The number of ether oxygens (including phenoxy) is 1. The van der Waals surface area contributed by atoms with E-state index in [0.717, 1.165) is 36.1 Å². The van der Waals surface area contributed by atoms with E-state index in [1.807, 2.05) is 41.4 Å². The summed E-state index contributed by atoms with van der Waals surface area (Å²) in [5.41, 5.74) is 4.56. The number of hydrazone groups is 1. The van der Waals surface area contributed by atoms with Crippen molar-refractivity contribution in [3.8, 4) is 0 Å². The number of aliphatic imine (C=N–C) groups is 1. The van der Waals surface area contributed by atoms with E-state index in [0.29, 0.717) is 5.17 Å². The highest BCUT2D eigenvalue weighted by Gasteiger charge is 2.44. The number of hydrogen-bond donors (Lipinski definition) is 0. The summed E-state index contributed by atoms with van der Waals surface area (Å²) in [5.74, 6) is -0.818. The van der Waals surface area contributed by atoms with Crippen LogP contribution in [0.4, 0.5) is 0 Å². The van der Waals surface area contributed by atoms with Gasteiger partial charge in [0.25, 0.3) is 5.91 Å². The van der Waals surface area contributed by atoms with Crippen LogP contribution in [-0.4, -0.2) is 34.9 Å². The van der Waals surface area contributed by atoms with Crippen LogP contribution in [0.3, 0.4) is 0 Å². The first kappa shape index (κ1) is 21.4. The van der Waals surface area contributed by atoms with Gasteiger partial charge in [-0.15, -0.1) is 0 Å². The molecule has 0 N–H and O–H groups in total. The molecule has 2 aromatic rings. The first-order chi connectivity index (χ1) is 16.1. The van der Waals surface area contributed by atoms with Crippen LogP contribution in [0.15, 0.2) is 87.3 Å².